The van der Waals surface area contributed by atoms with Crippen LogP contribution in [0.4, 0.5) is 0 Å². The van der Waals surface area contributed by atoms with Crippen LogP contribution in [0.25, 0.3) is 16.9 Å². The molecule has 0 atom stereocenters. The Kier molecular flexibility index (Phi) is 4.08. The number of hydrogen-bond acceptors (Lipinski definition) is 3. The Morgan fingerprint density at radius 3 is 2.25 bits per heavy atom. The predicted molar refractivity (Wildman–Crippen MR) is 92.0 cm³/mol. The number of carboxylic acids is 1. The molecular weight excluding hydrogens is 304 g/mol. The van der Waals surface area contributed by atoms with Crippen LogP contribution in [0.5, 0.6) is 5.75 Å². The molecule has 0 radical (unpaired) electrons. The summed E-state index contributed by atoms with van der Waals surface area (Å²) >= 11 is 0. The quantitative estimate of drug-likeness (QED) is 0.792. The highest BCUT2D eigenvalue weighted by atomic mass is 16.5. The molecule has 0 aliphatic heterocycles. The average molecular weight is 322 g/mol. The fourth-order valence-corrected chi connectivity index (χ4v) is 2.88. The highest BCUT2D eigenvalue weighted by Crippen LogP contribution is 2.32. The van der Waals surface area contributed by atoms with Crippen LogP contribution >= 0.6 is 0 Å². The molecule has 0 bridgehead atoms. The zero-order valence-electron chi connectivity index (χ0n) is 13.8. The van der Waals surface area contributed by atoms with Gasteiger partial charge in [-0.05, 0) is 55.3 Å². The topological polar surface area (TPSA) is 64.3 Å². The van der Waals surface area contributed by atoms with Crippen molar-refractivity contribution in [2.75, 3.05) is 7.11 Å². The van der Waals surface area contributed by atoms with Gasteiger partial charge < -0.3 is 9.84 Å². The van der Waals surface area contributed by atoms with Crippen molar-refractivity contribution < 1.29 is 14.6 Å². The van der Waals surface area contributed by atoms with E-state index < -0.39 is 5.97 Å². The van der Waals surface area contributed by atoms with Crippen molar-refractivity contribution in [2.45, 2.75) is 13.8 Å². The summed E-state index contributed by atoms with van der Waals surface area (Å²) in [7, 11) is 1.63. The molecule has 1 N–H and O–H groups in total. The van der Waals surface area contributed by atoms with Gasteiger partial charge in [0, 0.05) is 5.56 Å². The minimum atomic E-state index is -1.05. The van der Waals surface area contributed by atoms with E-state index >= 15 is 0 Å². The lowest BCUT2D eigenvalue weighted by atomic mass is 9.99. The number of benzene rings is 2. The van der Waals surface area contributed by atoms with Crippen LogP contribution in [-0.4, -0.2) is 28.0 Å². The first kappa shape index (κ1) is 15.8. The molecule has 0 saturated carbocycles. The Morgan fingerprint density at radius 1 is 1.08 bits per heavy atom. The van der Waals surface area contributed by atoms with Gasteiger partial charge in [-0.15, -0.1) is 0 Å². The Bertz CT molecular complexity index is 875. The molecule has 1 aromatic heterocycles. The minimum Gasteiger partial charge on any atom is -0.497 e. The monoisotopic (exact) mass is 322 g/mol. The SMILES string of the molecule is COc1cc(C)c(-c2cc(C(=O)O)nn2-c2ccccc2)c(C)c1. The van der Waals surface area contributed by atoms with Crippen molar-refractivity contribution in [1.82, 2.24) is 9.78 Å². The van der Waals surface area contributed by atoms with Gasteiger partial charge in [-0.3, -0.25) is 0 Å². The first-order chi connectivity index (χ1) is 11.5. The number of aryl methyl sites for hydroxylation is 2. The Balaban J connectivity index is 2.27. The lowest BCUT2D eigenvalue weighted by Crippen LogP contribution is -2.03. The number of aromatic nitrogens is 2. The maximum absolute atomic E-state index is 11.4. The number of para-hydroxylation sites is 1. The number of methoxy groups -OCH3 is 1. The van der Waals surface area contributed by atoms with Gasteiger partial charge in [-0.25, -0.2) is 9.48 Å². The van der Waals surface area contributed by atoms with E-state index in [4.69, 9.17) is 4.74 Å². The summed E-state index contributed by atoms with van der Waals surface area (Å²) in [5.74, 6) is -0.271. The number of carboxylic acid groups (broad SMARTS) is 1. The third-order valence-corrected chi connectivity index (χ3v) is 3.93. The van der Waals surface area contributed by atoms with Gasteiger partial charge in [-0.1, -0.05) is 18.2 Å². The zero-order valence-corrected chi connectivity index (χ0v) is 13.8. The van der Waals surface area contributed by atoms with Crippen LogP contribution in [0.2, 0.25) is 0 Å². The molecule has 1 heterocycles. The molecule has 0 unspecified atom stereocenters. The Labute approximate surface area is 140 Å². The van der Waals surface area contributed by atoms with Crippen molar-refractivity contribution in [3.63, 3.8) is 0 Å². The lowest BCUT2D eigenvalue weighted by Gasteiger charge is -2.14. The number of hydrogen-bond donors (Lipinski definition) is 1. The predicted octanol–water partition coefficient (Wildman–Crippen LogP) is 3.86. The van der Waals surface area contributed by atoms with Crippen molar-refractivity contribution in [1.29, 1.82) is 0 Å². The van der Waals surface area contributed by atoms with E-state index in [-0.39, 0.29) is 5.69 Å². The number of carbonyl (C=O) groups is 1. The molecule has 5 nitrogen and oxygen atoms in total. The largest absolute Gasteiger partial charge is 0.497 e. The van der Waals surface area contributed by atoms with E-state index in [0.717, 1.165) is 33.8 Å². The Morgan fingerprint density at radius 2 is 1.71 bits per heavy atom. The average Bonchev–Trinajstić information content (AvgIpc) is 3.00. The first-order valence-electron chi connectivity index (χ1n) is 7.55. The number of rotatable bonds is 4. The van der Waals surface area contributed by atoms with Crippen LogP contribution in [-0.2, 0) is 0 Å². The second-order valence-electron chi connectivity index (χ2n) is 5.60. The summed E-state index contributed by atoms with van der Waals surface area (Å²) in [5, 5.41) is 13.6. The van der Waals surface area contributed by atoms with E-state index in [0.29, 0.717) is 0 Å². The van der Waals surface area contributed by atoms with Crippen molar-refractivity contribution in [2.24, 2.45) is 0 Å². The van der Waals surface area contributed by atoms with Crippen molar-refractivity contribution in [3.8, 4) is 22.7 Å². The standard InChI is InChI=1S/C19H18N2O3/c1-12-9-15(24-3)10-13(2)18(12)17-11-16(19(22)23)20-21(17)14-7-5-4-6-8-14/h4-11H,1-3H3,(H,22,23). The second kappa shape index (κ2) is 6.20. The molecule has 0 spiro atoms. The summed E-state index contributed by atoms with van der Waals surface area (Å²) in [6.45, 7) is 3.96. The minimum absolute atomic E-state index is 0.0171. The molecule has 0 aliphatic carbocycles. The van der Waals surface area contributed by atoms with Crippen LogP contribution in [0.1, 0.15) is 21.6 Å². The van der Waals surface area contributed by atoms with E-state index in [2.05, 4.69) is 5.10 Å². The van der Waals surface area contributed by atoms with Crippen LogP contribution in [0.15, 0.2) is 48.5 Å². The molecule has 2 aromatic carbocycles. The zero-order chi connectivity index (χ0) is 17.3. The molecule has 0 saturated heterocycles. The third kappa shape index (κ3) is 2.76. The maximum Gasteiger partial charge on any atom is 0.356 e. The third-order valence-electron chi connectivity index (χ3n) is 3.93. The number of aromatic carboxylic acids is 1. The van der Waals surface area contributed by atoms with Gasteiger partial charge in [0.15, 0.2) is 5.69 Å². The van der Waals surface area contributed by atoms with Gasteiger partial charge >= 0.3 is 5.97 Å². The molecule has 5 heteroatoms. The first-order valence-corrected chi connectivity index (χ1v) is 7.55. The van der Waals surface area contributed by atoms with Gasteiger partial charge in [0.2, 0.25) is 0 Å². The fourth-order valence-electron chi connectivity index (χ4n) is 2.88. The van der Waals surface area contributed by atoms with E-state index in [9.17, 15) is 9.90 Å². The van der Waals surface area contributed by atoms with Gasteiger partial charge in [0.1, 0.15) is 5.75 Å². The highest BCUT2D eigenvalue weighted by Gasteiger charge is 2.19. The lowest BCUT2D eigenvalue weighted by molar-refractivity contribution is 0.0690. The molecular formula is C19H18N2O3. The van der Waals surface area contributed by atoms with Gasteiger partial charge in [-0.2, -0.15) is 5.10 Å². The summed E-state index contributed by atoms with van der Waals surface area (Å²) in [4.78, 5) is 11.4. The van der Waals surface area contributed by atoms with Crippen molar-refractivity contribution >= 4 is 5.97 Å². The smallest absolute Gasteiger partial charge is 0.356 e. The number of ether oxygens (including phenoxy) is 1. The van der Waals surface area contributed by atoms with Gasteiger partial charge in [0.25, 0.3) is 0 Å². The number of nitrogens with zero attached hydrogens (tertiary/aromatic N) is 2. The van der Waals surface area contributed by atoms with E-state index in [1.54, 1.807) is 17.9 Å². The Hall–Kier alpha value is -3.08. The second-order valence-corrected chi connectivity index (χ2v) is 5.60. The summed E-state index contributed by atoms with van der Waals surface area (Å²) in [6, 6.07) is 15.0. The summed E-state index contributed by atoms with van der Waals surface area (Å²) < 4.78 is 6.98. The molecule has 0 fully saturated rings. The molecule has 122 valence electrons. The highest BCUT2D eigenvalue weighted by molar-refractivity contribution is 5.88. The normalized spacial score (nSPS) is 10.6. The van der Waals surface area contributed by atoms with E-state index in [1.807, 2.05) is 56.3 Å². The van der Waals surface area contributed by atoms with E-state index in [1.165, 1.54) is 0 Å². The fraction of sp³-hybridized carbons (Fsp3) is 0.158. The van der Waals surface area contributed by atoms with Crippen LogP contribution in [0.3, 0.4) is 0 Å². The molecule has 3 rings (SSSR count). The molecule has 0 aliphatic rings. The summed E-state index contributed by atoms with van der Waals surface area (Å²) in [5.41, 5.74) is 4.54. The van der Waals surface area contributed by atoms with Crippen LogP contribution in [0, 0.1) is 13.8 Å². The maximum atomic E-state index is 11.4. The van der Waals surface area contributed by atoms with Crippen LogP contribution < -0.4 is 4.74 Å². The molecule has 24 heavy (non-hydrogen) atoms. The molecule has 0 amide bonds. The molecule has 3 aromatic rings. The summed E-state index contributed by atoms with van der Waals surface area (Å²) in [6.07, 6.45) is 0. The van der Waals surface area contributed by atoms with Gasteiger partial charge in [0.05, 0.1) is 18.5 Å². The van der Waals surface area contributed by atoms with Crippen molar-refractivity contribution in [3.05, 3.63) is 65.4 Å².